The van der Waals surface area contributed by atoms with Gasteiger partial charge in [0.05, 0.1) is 15.0 Å². The number of ether oxygens (including phenoxy) is 1. The van der Waals surface area contributed by atoms with Crippen LogP contribution in [0.15, 0.2) is 46.9 Å². The summed E-state index contributed by atoms with van der Waals surface area (Å²) in [4.78, 5) is 34.0. The fraction of sp³-hybridized carbons (Fsp3) is 0.0667. The number of ketones is 1. The van der Waals surface area contributed by atoms with Crippen LogP contribution in [0.5, 0.6) is 0 Å². The van der Waals surface area contributed by atoms with Gasteiger partial charge in [-0.05, 0) is 52.3 Å². The molecule has 0 saturated heterocycles. The number of benzene rings is 2. The first-order valence-corrected chi connectivity index (χ1v) is 7.45. The van der Waals surface area contributed by atoms with Crippen molar-refractivity contribution in [1.29, 1.82) is 0 Å². The number of nitro groups is 1. The van der Waals surface area contributed by atoms with Crippen LogP contribution >= 0.6 is 27.5 Å². The second kappa shape index (κ2) is 7.34. The number of rotatable bonds is 5. The van der Waals surface area contributed by atoms with Crippen molar-refractivity contribution < 1.29 is 19.2 Å². The van der Waals surface area contributed by atoms with Gasteiger partial charge in [0.15, 0.2) is 12.4 Å². The zero-order valence-corrected chi connectivity index (χ0v) is 13.8. The van der Waals surface area contributed by atoms with Crippen molar-refractivity contribution in [2.24, 2.45) is 0 Å². The van der Waals surface area contributed by atoms with Gasteiger partial charge in [-0.15, -0.1) is 0 Å². The SMILES string of the molecule is O=C(COC(=O)c1ccc(Br)c([N+](=O)[O-])c1)c1ccc(Cl)cc1. The molecule has 0 amide bonds. The monoisotopic (exact) mass is 397 g/mol. The van der Waals surface area contributed by atoms with E-state index in [9.17, 15) is 19.7 Å². The van der Waals surface area contributed by atoms with Crippen molar-refractivity contribution in [2.45, 2.75) is 0 Å². The van der Waals surface area contributed by atoms with Gasteiger partial charge in [-0.1, -0.05) is 11.6 Å². The van der Waals surface area contributed by atoms with E-state index in [-0.39, 0.29) is 15.7 Å². The Kier molecular flexibility index (Phi) is 5.46. The third-order valence-corrected chi connectivity index (χ3v) is 3.80. The minimum Gasteiger partial charge on any atom is -0.454 e. The predicted octanol–water partition coefficient (Wildman–Crippen LogP) is 4.05. The van der Waals surface area contributed by atoms with E-state index in [4.69, 9.17) is 16.3 Å². The van der Waals surface area contributed by atoms with E-state index < -0.39 is 23.3 Å². The van der Waals surface area contributed by atoms with Crippen molar-refractivity contribution >= 4 is 45.0 Å². The minimum atomic E-state index is -0.817. The Bertz CT molecular complexity index is 776. The molecule has 118 valence electrons. The van der Waals surface area contributed by atoms with Crippen LogP contribution in [0.4, 0.5) is 5.69 Å². The van der Waals surface area contributed by atoms with E-state index in [2.05, 4.69) is 15.9 Å². The summed E-state index contributed by atoms with van der Waals surface area (Å²) in [6, 6.07) is 9.95. The smallest absolute Gasteiger partial charge is 0.338 e. The maximum Gasteiger partial charge on any atom is 0.338 e. The van der Waals surface area contributed by atoms with Crippen LogP contribution in [0.2, 0.25) is 5.02 Å². The quantitative estimate of drug-likeness (QED) is 0.328. The Morgan fingerprint density at radius 1 is 1.13 bits per heavy atom. The van der Waals surface area contributed by atoms with Crippen LogP contribution in [-0.2, 0) is 4.74 Å². The highest BCUT2D eigenvalue weighted by Gasteiger charge is 2.18. The largest absolute Gasteiger partial charge is 0.454 e. The number of carbonyl (C=O) groups excluding carboxylic acids is 2. The lowest BCUT2D eigenvalue weighted by Crippen LogP contribution is -2.14. The Labute approximate surface area is 144 Å². The molecular formula is C15H9BrClNO5. The molecule has 0 aliphatic carbocycles. The lowest BCUT2D eigenvalue weighted by Gasteiger charge is -2.05. The maximum atomic E-state index is 11.9. The number of halogens is 2. The van der Waals surface area contributed by atoms with Crippen molar-refractivity contribution in [2.75, 3.05) is 6.61 Å². The van der Waals surface area contributed by atoms with Gasteiger partial charge >= 0.3 is 5.97 Å². The summed E-state index contributed by atoms with van der Waals surface area (Å²) in [6.45, 7) is -0.468. The summed E-state index contributed by atoms with van der Waals surface area (Å²) in [5.74, 6) is -1.22. The molecule has 0 atom stereocenters. The zero-order valence-electron chi connectivity index (χ0n) is 11.5. The van der Waals surface area contributed by atoms with Gasteiger partial charge < -0.3 is 4.74 Å². The van der Waals surface area contributed by atoms with Crippen LogP contribution in [0, 0.1) is 10.1 Å². The average molecular weight is 399 g/mol. The molecule has 0 heterocycles. The number of esters is 1. The fourth-order valence-corrected chi connectivity index (χ4v) is 2.23. The molecule has 2 rings (SSSR count). The summed E-state index contributed by atoms with van der Waals surface area (Å²) in [5, 5.41) is 11.3. The Hall–Kier alpha value is -2.25. The molecule has 6 nitrogen and oxygen atoms in total. The number of hydrogen-bond acceptors (Lipinski definition) is 5. The highest BCUT2D eigenvalue weighted by Crippen LogP contribution is 2.25. The second-order valence-corrected chi connectivity index (χ2v) is 5.72. The van der Waals surface area contributed by atoms with Gasteiger partial charge in [0.2, 0.25) is 0 Å². The van der Waals surface area contributed by atoms with E-state index in [1.165, 1.54) is 24.3 Å². The molecule has 0 aliphatic heterocycles. The molecule has 0 saturated carbocycles. The number of nitro benzene ring substituents is 1. The highest BCUT2D eigenvalue weighted by atomic mass is 79.9. The summed E-state index contributed by atoms with van der Waals surface area (Å²) >= 11 is 8.74. The first kappa shape index (κ1) is 17.1. The van der Waals surface area contributed by atoms with Gasteiger partial charge in [0.1, 0.15) is 0 Å². The molecule has 0 aromatic heterocycles. The number of carbonyl (C=O) groups is 2. The van der Waals surface area contributed by atoms with Gasteiger partial charge in [-0.25, -0.2) is 4.79 Å². The van der Waals surface area contributed by atoms with E-state index >= 15 is 0 Å². The van der Waals surface area contributed by atoms with Crippen molar-refractivity contribution in [3.05, 3.63) is 73.2 Å². The molecule has 0 aliphatic rings. The van der Waals surface area contributed by atoms with Crippen molar-refractivity contribution in [1.82, 2.24) is 0 Å². The van der Waals surface area contributed by atoms with E-state index in [1.807, 2.05) is 0 Å². The summed E-state index contributed by atoms with van der Waals surface area (Å²) in [7, 11) is 0. The maximum absolute atomic E-state index is 11.9. The second-order valence-electron chi connectivity index (χ2n) is 4.43. The molecule has 2 aromatic rings. The topological polar surface area (TPSA) is 86.5 Å². The molecule has 0 radical (unpaired) electrons. The lowest BCUT2D eigenvalue weighted by molar-refractivity contribution is -0.385. The third-order valence-electron chi connectivity index (χ3n) is 2.88. The summed E-state index contributed by atoms with van der Waals surface area (Å²) in [6.07, 6.45) is 0. The van der Waals surface area contributed by atoms with E-state index in [0.29, 0.717) is 10.6 Å². The van der Waals surface area contributed by atoms with Crippen LogP contribution in [-0.4, -0.2) is 23.3 Å². The van der Waals surface area contributed by atoms with Gasteiger partial charge in [0.25, 0.3) is 5.69 Å². The molecule has 0 N–H and O–H groups in total. The molecule has 0 fully saturated rings. The number of Topliss-reactive ketones (excluding diaryl/α,β-unsaturated/α-hetero) is 1. The minimum absolute atomic E-state index is 0.0104. The highest BCUT2D eigenvalue weighted by molar-refractivity contribution is 9.10. The molecule has 0 bridgehead atoms. The molecule has 23 heavy (non-hydrogen) atoms. The van der Waals surface area contributed by atoms with Crippen LogP contribution < -0.4 is 0 Å². The van der Waals surface area contributed by atoms with E-state index in [1.54, 1.807) is 12.1 Å². The van der Waals surface area contributed by atoms with Gasteiger partial charge in [-0.3, -0.25) is 14.9 Å². The van der Waals surface area contributed by atoms with Gasteiger partial charge in [-0.2, -0.15) is 0 Å². The van der Waals surface area contributed by atoms with Crippen molar-refractivity contribution in [3.63, 3.8) is 0 Å². The summed E-state index contributed by atoms with van der Waals surface area (Å²) < 4.78 is 5.14. The standard InChI is InChI=1S/C15H9BrClNO5/c16-12-6-3-10(7-13(12)18(21)22)15(20)23-8-14(19)9-1-4-11(17)5-2-9/h1-7H,8H2. The number of hydrogen-bond donors (Lipinski definition) is 0. The first-order valence-electron chi connectivity index (χ1n) is 6.28. The predicted molar refractivity (Wildman–Crippen MR) is 86.9 cm³/mol. The van der Waals surface area contributed by atoms with Gasteiger partial charge in [0, 0.05) is 16.7 Å². The fourth-order valence-electron chi connectivity index (χ4n) is 1.71. The number of nitrogens with zero attached hydrogens (tertiary/aromatic N) is 1. The lowest BCUT2D eigenvalue weighted by atomic mass is 10.1. The molecular weight excluding hydrogens is 390 g/mol. The first-order chi connectivity index (χ1) is 10.9. The normalized spacial score (nSPS) is 10.2. The molecule has 2 aromatic carbocycles. The average Bonchev–Trinajstić information content (AvgIpc) is 2.53. The molecule has 0 spiro atoms. The van der Waals surface area contributed by atoms with Crippen LogP contribution in [0.25, 0.3) is 0 Å². The molecule has 0 unspecified atom stereocenters. The Balaban J connectivity index is 2.05. The Morgan fingerprint density at radius 2 is 1.74 bits per heavy atom. The summed E-state index contributed by atoms with van der Waals surface area (Å²) in [5.41, 5.74) is 0.0799. The van der Waals surface area contributed by atoms with Crippen LogP contribution in [0.3, 0.4) is 0 Å². The third kappa shape index (κ3) is 4.37. The Morgan fingerprint density at radius 3 is 2.35 bits per heavy atom. The van der Waals surface area contributed by atoms with Crippen LogP contribution in [0.1, 0.15) is 20.7 Å². The van der Waals surface area contributed by atoms with Crippen molar-refractivity contribution in [3.8, 4) is 0 Å². The molecule has 8 heteroatoms. The zero-order chi connectivity index (χ0) is 17.0. The van der Waals surface area contributed by atoms with E-state index in [0.717, 1.165) is 6.07 Å².